The van der Waals surface area contributed by atoms with E-state index in [-0.39, 0.29) is 18.3 Å². The normalized spacial score (nSPS) is 20.4. The molecular formula is C12H14ClN3O3. The van der Waals surface area contributed by atoms with Gasteiger partial charge in [-0.25, -0.2) is 0 Å². The Bertz CT molecular complexity index is 507. The molecule has 2 rings (SSSR count). The lowest BCUT2D eigenvalue weighted by Gasteiger charge is -2.32. The number of ether oxygens (including phenoxy) is 1. The molecule has 1 saturated heterocycles. The Morgan fingerprint density at radius 2 is 2.37 bits per heavy atom. The number of carbonyl (C=O) groups excluding carboxylic acids is 1. The Morgan fingerprint density at radius 3 is 3.05 bits per heavy atom. The monoisotopic (exact) mass is 283 g/mol. The van der Waals surface area contributed by atoms with Crippen molar-refractivity contribution in [1.82, 2.24) is 4.90 Å². The first kappa shape index (κ1) is 13.6. The third-order valence-electron chi connectivity index (χ3n) is 2.87. The average molecular weight is 284 g/mol. The summed E-state index contributed by atoms with van der Waals surface area (Å²) in [7, 11) is 0. The lowest BCUT2D eigenvalue weighted by molar-refractivity contribution is 0.00676. The number of carbonyl (C=O) groups is 1. The van der Waals surface area contributed by atoms with E-state index in [2.05, 4.69) is 5.16 Å². The third-order valence-corrected chi connectivity index (χ3v) is 3.11. The largest absolute Gasteiger partial charge is 0.409 e. The predicted octanol–water partition coefficient (Wildman–Crippen LogP) is 0.927. The number of rotatable bonds is 2. The number of nitrogens with two attached hydrogens (primary N) is 1. The zero-order chi connectivity index (χ0) is 13.8. The summed E-state index contributed by atoms with van der Waals surface area (Å²) in [6.07, 6.45) is -0.582. The number of hydrogen-bond donors (Lipinski definition) is 2. The summed E-state index contributed by atoms with van der Waals surface area (Å²) in [4.78, 5) is 13.9. The van der Waals surface area contributed by atoms with Gasteiger partial charge in [0.15, 0.2) is 5.84 Å². The predicted molar refractivity (Wildman–Crippen MR) is 70.5 cm³/mol. The first-order valence-corrected chi connectivity index (χ1v) is 6.13. The molecule has 1 aliphatic heterocycles. The Kier molecular flexibility index (Phi) is 4.24. The second-order valence-corrected chi connectivity index (χ2v) is 4.58. The maximum absolute atomic E-state index is 12.3. The van der Waals surface area contributed by atoms with Gasteiger partial charge in [0.25, 0.3) is 5.91 Å². The van der Waals surface area contributed by atoms with Crippen molar-refractivity contribution in [2.75, 3.05) is 19.7 Å². The summed E-state index contributed by atoms with van der Waals surface area (Å²) in [5.74, 6) is -0.190. The fourth-order valence-corrected chi connectivity index (χ4v) is 2.07. The van der Waals surface area contributed by atoms with Gasteiger partial charge in [-0.1, -0.05) is 22.8 Å². The van der Waals surface area contributed by atoms with Crippen LogP contribution in [0.1, 0.15) is 10.4 Å². The van der Waals surface area contributed by atoms with E-state index in [1.54, 1.807) is 29.2 Å². The molecule has 1 aromatic carbocycles. The van der Waals surface area contributed by atoms with Crippen LogP contribution in [0.2, 0.25) is 5.02 Å². The van der Waals surface area contributed by atoms with Crippen molar-refractivity contribution < 1.29 is 14.7 Å². The van der Waals surface area contributed by atoms with Gasteiger partial charge in [0.05, 0.1) is 13.2 Å². The third kappa shape index (κ3) is 3.15. The van der Waals surface area contributed by atoms with Crippen molar-refractivity contribution in [3.05, 3.63) is 34.9 Å². The first-order valence-electron chi connectivity index (χ1n) is 5.75. The zero-order valence-corrected chi connectivity index (χ0v) is 10.9. The molecule has 1 atom stereocenters. The molecule has 102 valence electrons. The smallest absolute Gasteiger partial charge is 0.254 e. The van der Waals surface area contributed by atoms with E-state index in [0.29, 0.717) is 23.7 Å². The molecule has 1 unspecified atom stereocenters. The highest BCUT2D eigenvalue weighted by atomic mass is 35.5. The van der Waals surface area contributed by atoms with Gasteiger partial charge in [-0.15, -0.1) is 0 Å². The van der Waals surface area contributed by atoms with Crippen LogP contribution in [0.25, 0.3) is 0 Å². The topological polar surface area (TPSA) is 88.2 Å². The van der Waals surface area contributed by atoms with Gasteiger partial charge in [0.1, 0.15) is 6.10 Å². The molecule has 1 aromatic rings. The van der Waals surface area contributed by atoms with Gasteiger partial charge in [-0.3, -0.25) is 4.79 Å². The Labute approximate surface area is 115 Å². The van der Waals surface area contributed by atoms with E-state index < -0.39 is 6.10 Å². The highest BCUT2D eigenvalue weighted by Gasteiger charge is 2.27. The number of morpholine rings is 1. The van der Waals surface area contributed by atoms with E-state index in [0.717, 1.165) is 0 Å². The minimum Gasteiger partial charge on any atom is -0.409 e. The maximum Gasteiger partial charge on any atom is 0.254 e. The number of amidine groups is 1. The number of halogens is 1. The van der Waals surface area contributed by atoms with Crippen LogP contribution >= 0.6 is 11.6 Å². The minimum absolute atomic E-state index is 0.0383. The van der Waals surface area contributed by atoms with Crippen LogP contribution in [0.3, 0.4) is 0 Å². The number of oxime groups is 1. The molecule has 1 amide bonds. The van der Waals surface area contributed by atoms with Gasteiger partial charge in [0.2, 0.25) is 0 Å². The van der Waals surface area contributed by atoms with Crippen molar-refractivity contribution in [3.8, 4) is 0 Å². The summed E-state index contributed by atoms with van der Waals surface area (Å²) < 4.78 is 5.33. The standard InChI is InChI=1S/C12H14ClN3O3/c13-9-3-1-2-8(6-9)12(17)16-4-5-19-10(7-16)11(14)15-18/h1-3,6,10,18H,4-5,7H2,(H2,14,15). The SMILES string of the molecule is NC(=NO)C1CN(C(=O)c2cccc(Cl)c2)CCO1. The highest BCUT2D eigenvalue weighted by Crippen LogP contribution is 2.15. The van der Waals surface area contributed by atoms with Gasteiger partial charge in [-0.2, -0.15) is 0 Å². The van der Waals surface area contributed by atoms with Gasteiger partial charge in [-0.05, 0) is 18.2 Å². The average Bonchev–Trinajstić information content (AvgIpc) is 2.45. The number of hydrogen-bond acceptors (Lipinski definition) is 4. The number of amides is 1. The first-order chi connectivity index (χ1) is 9.11. The summed E-state index contributed by atoms with van der Waals surface area (Å²) >= 11 is 5.86. The van der Waals surface area contributed by atoms with E-state index in [9.17, 15) is 4.79 Å². The van der Waals surface area contributed by atoms with Crippen molar-refractivity contribution in [2.24, 2.45) is 10.9 Å². The molecule has 1 aliphatic rings. The van der Waals surface area contributed by atoms with E-state index in [1.165, 1.54) is 0 Å². The molecule has 0 saturated carbocycles. The maximum atomic E-state index is 12.3. The van der Waals surface area contributed by atoms with Crippen LogP contribution in [0, 0.1) is 0 Å². The summed E-state index contributed by atoms with van der Waals surface area (Å²) in [6.45, 7) is 1.05. The van der Waals surface area contributed by atoms with Crippen molar-refractivity contribution in [2.45, 2.75) is 6.10 Å². The lowest BCUT2D eigenvalue weighted by atomic mass is 10.1. The molecule has 0 bridgehead atoms. The van der Waals surface area contributed by atoms with E-state index in [4.69, 9.17) is 27.3 Å². The molecule has 0 spiro atoms. The molecule has 0 aromatic heterocycles. The second kappa shape index (κ2) is 5.90. The Morgan fingerprint density at radius 1 is 1.58 bits per heavy atom. The second-order valence-electron chi connectivity index (χ2n) is 4.15. The molecule has 1 heterocycles. The van der Waals surface area contributed by atoms with Crippen LogP contribution < -0.4 is 5.73 Å². The summed E-state index contributed by atoms with van der Waals surface area (Å²) in [5.41, 5.74) is 6.00. The summed E-state index contributed by atoms with van der Waals surface area (Å²) in [5, 5.41) is 12.0. The van der Waals surface area contributed by atoms with Crippen LogP contribution in [-0.4, -0.2) is 47.7 Å². The molecule has 0 radical (unpaired) electrons. The van der Waals surface area contributed by atoms with Crippen LogP contribution in [0.5, 0.6) is 0 Å². The van der Waals surface area contributed by atoms with Crippen molar-refractivity contribution in [3.63, 3.8) is 0 Å². The fraction of sp³-hybridized carbons (Fsp3) is 0.333. The Balaban J connectivity index is 2.11. The van der Waals surface area contributed by atoms with E-state index >= 15 is 0 Å². The Hall–Kier alpha value is -1.79. The van der Waals surface area contributed by atoms with E-state index in [1.807, 2.05) is 0 Å². The van der Waals surface area contributed by atoms with Crippen LogP contribution in [0.15, 0.2) is 29.4 Å². The van der Waals surface area contributed by atoms with Gasteiger partial charge < -0.3 is 20.6 Å². The van der Waals surface area contributed by atoms with Crippen molar-refractivity contribution >= 4 is 23.3 Å². The zero-order valence-electron chi connectivity index (χ0n) is 10.1. The van der Waals surface area contributed by atoms with Gasteiger partial charge in [0, 0.05) is 17.1 Å². The van der Waals surface area contributed by atoms with Crippen molar-refractivity contribution in [1.29, 1.82) is 0 Å². The molecule has 7 heteroatoms. The van der Waals surface area contributed by atoms with Gasteiger partial charge >= 0.3 is 0 Å². The lowest BCUT2D eigenvalue weighted by Crippen LogP contribution is -2.50. The van der Waals surface area contributed by atoms with Crippen LogP contribution in [-0.2, 0) is 4.74 Å². The van der Waals surface area contributed by atoms with Crippen LogP contribution in [0.4, 0.5) is 0 Å². The number of nitrogens with zero attached hydrogens (tertiary/aromatic N) is 2. The molecule has 6 nitrogen and oxygen atoms in total. The fourth-order valence-electron chi connectivity index (χ4n) is 1.88. The molecule has 1 fully saturated rings. The molecule has 0 aliphatic carbocycles. The molecule has 3 N–H and O–H groups in total. The molecule has 19 heavy (non-hydrogen) atoms. The minimum atomic E-state index is -0.582. The highest BCUT2D eigenvalue weighted by molar-refractivity contribution is 6.30. The molecular weight excluding hydrogens is 270 g/mol. The number of benzene rings is 1. The quantitative estimate of drug-likeness (QED) is 0.366. The summed E-state index contributed by atoms with van der Waals surface area (Å²) in [6, 6.07) is 6.73.